The first-order valence-corrected chi connectivity index (χ1v) is 15.1. The molecule has 0 bridgehead atoms. The molecular formula is C24H27N6O9P2-. The molecule has 1 heterocycles. The fourth-order valence-corrected chi connectivity index (χ4v) is 5.12. The Morgan fingerprint density at radius 2 is 1.49 bits per heavy atom. The van der Waals surface area contributed by atoms with E-state index in [9.17, 15) is 33.6 Å². The Bertz CT molecular complexity index is 1560. The van der Waals surface area contributed by atoms with E-state index in [2.05, 4.69) is 29.7 Å². The van der Waals surface area contributed by atoms with Gasteiger partial charge >= 0.3 is 15.2 Å². The van der Waals surface area contributed by atoms with Crippen molar-refractivity contribution in [1.29, 1.82) is 5.41 Å². The summed E-state index contributed by atoms with van der Waals surface area (Å²) in [6.07, 6.45) is -0.835. The van der Waals surface area contributed by atoms with Crippen molar-refractivity contribution in [3.8, 4) is 0 Å². The van der Waals surface area contributed by atoms with Crippen LogP contribution in [0.3, 0.4) is 0 Å². The van der Waals surface area contributed by atoms with E-state index in [0.717, 1.165) is 14.2 Å². The summed E-state index contributed by atoms with van der Waals surface area (Å²) in [5, 5.41) is 24.1. The Morgan fingerprint density at radius 1 is 0.927 bits per heavy atom. The minimum Gasteiger partial charge on any atom is -0.857 e. The maximum atomic E-state index is 13.0. The van der Waals surface area contributed by atoms with Gasteiger partial charge in [-0.3, -0.25) is 24.1 Å². The molecule has 0 fully saturated rings. The number of carbonyl (C=O) groups excluding carboxylic acids is 2. The highest BCUT2D eigenvalue weighted by atomic mass is 31.2. The average Bonchev–Trinajstić information content (AvgIpc) is 3.39. The van der Waals surface area contributed by atoms with Crippen molar-refractivity contribution in [2.24, 2.45) is 10.7 Å². The van der Waals surface area contributed by atoms with Crippen LogP contribution >= 0.6 is 15.2 Å². The number of rotatable bonds is 11. The van der Waals surface area contributed by atoms with Crippen LogP contribution in [0, 0.1) is 5.41 Å². The van der Waals surface area contributed by atoms with Crippen molar-refractivity contribution in [3.05, 3.63) is 82.7 Å². The Balaban J connectivity index is 1.80. The molecule has 0 saturated carbocycles. The monoisotopic (exact) mass is 605 g/mol. The third kappa shape index (κ3) is 9.22. The van der Waals surface area contributed by atoms with E-state index in [-0.39, 0.29) is 39.5 Å². The largest absolute Gasteiger partial charge is 0.857 e. The summed E-state index contributed by atoms with van der Waals surface area (Å²) >= 11 is 0. The molecule has 17 heteroatoms. The lowest BCUT2D eigenvalue weighted by atomic mass is 10.1. The van der Waals surface area contributed by atoms with Gasteiger partial charge < -0.3 is 45.3 Å². The second kappa shape index (κ2) is 13.0. The highest BCUT2D eigenvalue weighted by molar-refractivity contribution is 7.52. The van der Waals surface area contributed by atoms with Gasteiger partial charge in [0.2, 0.25) is 5.96 Å². The molecule has 3 rings (SSSR count). The zero-order chi connectivity index (χ0) is 30.4. The average molecular weight is 605 g/mol. The van der Waals surface area contributed by atoms with Gasteiger partial charge in [0.25, 0.3) is 11.8 Å². The van der Waals surface area contributed by atoms with Crippen LogP contribution in [0.2, 0.25) is 0 Å². The van der Waals surface area contributed by atoms with E-state index in [1.54, 1.807) is 0 Å². The zero-order valence-electron chi connectivity index (χ0n) is 21.8. The fourth-order valence-electron chi connectivity index (χ4n) is 3.57. The summed E-state index contributed by atoms with van der Waals surface area (Å²) in [5.74, 6) is -2.74. The molecule has 0 saturated heterocycles. The van der Waals surface area contributed by atoms with Crippen molar-refractivity contribution in [1.82, 2.24) is 4.98 Å². The second-order valence-electron chi connectivity index (χ2n) is 8.57. The lowest BCUT2D eigenvalue weighted by Gasteiger charge is -2.15. The molecule has 0 radical (unpaired) electrons. The van der Waals surface area contributed by atoms with Gasteiger partial charge in [-0.25, -0.2) is 4.99 Å². The van der Waals surface area contributed by atoms with E-state index >= 15 is 0 Å². The summed E-state index contributed by atoms with van der Waals surface area (Å²) in [4.78, 5) is 51.3. The van der Waals surface area contributed by atoms with Gasteiger partial charge in [0.15, 0.2) is 0 Å². The van der Waals surface area contributed by atoms with Gasteiger partial charge in [-0.05, 0) is 53.6 Å². The van der Waals surface area contributed by atoms with Gasteiger partial charge in [0.1, 0.15) is 5.69 Å². The highest BCUT2D eigenvalue weighted by Crippen LogP contribution is 2.47. The van der Waals surface area contributed by atoms with E-state index in [4.69, 9.17) is 11.1 Å². The summed E-state index contributed by atoms with van der Waals surface area (Å²) in [6, 6.07) is 12.8. The number of guanidine groups is 1. The number of aromatic nitrogens is 1. The fraction of sp³-hybridized carbons (Fsp3) is 0.167. The molecule has 0 aliphatic heterocycles. The van der Waals surface area contributed by atoms with Crippen molar-refractivity contribution in [2.75, 3.05) is 24.9 Å². The SMILES string of the molecule is COP(=O)(O)Cc1cc(CP(=O)(O)OC)cc(NC(=O)c2cccc(NC(=O)c3ccc(C([O-])=NC(=N)N)[nH]3)c2)c1. The normalized spacial score (nSPS) is 14.5. The minimum absolute atomic E-state index is 0.0146. The molecule has 2 amide bonds. The lowest BCUT2D eigenvalue weighted by molar-refractivity contribution is -0.212. The number of anilines is 2. The van der Waals surface area contributed by atoms with Gasteiger partial charge in [0, 0.05) is 42.7 Å². The van der Waals surface area contributed by atoms with E-state index in [1.807, 2.05) is 0 Å². The first kappa shape index (κ1) is 31.4. The summed E-state index contributed by atoms with van der Waals surface area (Å²) in [7, 11) is -5.85. The number of hydrogen-bond donors (Lipinski definition) is 7. The molecule has 0 aliphatic rings. The molecule has 1 aromatic heterocycles. The van der Waals surface area contributed by atoms with Crippen molar-refractivity contribution in [3.63, 3.8) is 0 Å². The van der Waals surface area contributed by atoms with Crippen LogP contribution in [0.15, 0.2) is 59.6 Å². The number of aliphatic imine (C=N–C) groups is 1. The number of nitrogens with one attached hydrogen (secondary N) is 4. The van der Waals surface area contributed by atoms with Gasteiger partial charge in [0.05, 0.1) is 12.3 Å². The number of nitrogens with zero attached hydrogens (tertiary/aromatic N) is 1. The molecule has 15 nitrogen and oxygen atoms in total. The van der Waals surface area contributed by atoms with Crippen LogP contribution in [0.5, 0.6) is 0 Å². The molecule has 3 aromatic rings. The maximum Gasteiger partial charge on any atom is 0.332 e. The maximum absolute atomic E-state index is 13.0. The van der Waals surface area contributed by atoms with E-state index in [0.29, 0.717) is 0 Å². The van der Waals surface area contributed by atoms with Crippen LogP contribution in [0.25, 0.3) is 0 Å². The summed E-state index contributed by atoms with van der Waals surface area (Å²) in [6.45, 7) is 0. The molecule has 218 valence electrons. The van der Waals surface area contributed by atoms with Crippen LogP contribution in [0.1, 0.15) is 37.7 Å². The third-order valence-corrected chi connectivity index (χ3v) is 8.08. The Hall–Kier alpha value is -4.10. The van der Waals surface area contributed by atoms with Gasteiger partial charge in [-0.2, -0.15) is 0 Å². The van der Waals surface area contributed by atoms with E-state index < -0.39 is 51.2 Å². The number of amides is 2. The van der Waals surface area contributed by atoms with Gasteiger partial charge in [-0.1, -0.05) is 12.1 Å². The number of nitrogens with two attached hydrogens (primary N) is 1. The predicted octanol–water partition coefficient (Wildman–Crippen LogP) is 2.18. The molecule has 2 unspecified atom stereocenters. The molecule has 8 N–H and O–H groups in total. The van der Waals surface area contributed by atoms with Crippen LogP contribution in [-0.4, -0.2) is 52.7 Å². The first-order valence-electron chi connectivity index (χ1n) is 11.6. The summed E-state index contributed by atoms with van der Waals surface area (Å²) < 4.78 is 33.5. The molecule has 41 heavy (non-hydrogen) atoms. The molecule has 2 atom stereocenters. The van der Waals surface area contributed by atoms with Crippen LogP contribution in [0.4, 0.5) is 11.4 Å². The Kier molecular flexibility index (Phi) is 10.00. The van der Waals surface area contributed by atoms with Crippen molar-refractivity contribution >= 4 is 50.2 Å². The third-order valence-electron chi connectivity index (χ3n) is 5.41. The number of H-pyrrole nitrogens is 1. The Morgan fingerprint density at radius 3 is 2.05 bits per heavy atom. The minimum atomic E-state index is -4.00. The van der Waals surface area contributed by atoms with Gasteiger partial charge in [-0.15, -0.1) is 0 Å². The first-order chi connectivity index (χ1) is 19.2. The molecule has 0 spiro atoms. The quantitative estimate of drug-likeness (QED) is 0.0952. The summed E-state index contributed by atoms with van der Waals surface area (Å²) in [5.41, 5.74) is 6.12. The number of aromatic amines is 1. The predicted molar refractivity (Wildman–Crippen MR) is 149 cm³/mol. The van der Waals surface area contributed by atoms with Crippen molar-refractivity contribution < 1.29 is 42.7 Å². The number of hydrogen-bond acceptors (Lipinski definition) is 8. The van der Waals surface area contributed by atoms with Crippen LogP contribution in [-0.2, 0) is 30.5 Å². The molecule has 0 aliphatic carbocycles. The smallest absolute Gasteiger partial charge is 0.332 e. The number of carbonyl (C=O) groups is 2. The molecule has 2 aromatic carbocycles. The standard InChI is InChI=1S/C24H28N6O9P2/c1-38-40(34,35)12-14-8-15(13-41(36,37)39-2)10-18(9-14)28-21(31)16-4-3-5-17(11-16)27-22(32)19-6-7-20(29-19)23(33)30-24(25)26/h3-11,29H,12-13H2,1-2H3,(H,27,32)(H,28,31)(H,34,35)(H,36,37)(H4,25,26,30,33)/p-1. The Labute approximate surface area is 234 Å². The second-order valence-corrected chi connectivity index (χ2v) is 12.5. The van der Waals surface area contributed by atoms with Crippen LogP contribution < -0.4 is 21.5 Å². The number of benzene rings is 2. The molecular weight excluding hydrogens is 578 g/mol. The topological polar surface area (TPSA) is 252 Å². The van der Waals surface area contributed by atoms with E-state index in [1.165, 1.54) is 54.6 Å². The zero-order valence-corrected chi connectivity index (χ0v) is 23.6. The van der Waals surface area contributed by atoms with Crippen molar-refractivity contribution in [2.45, 2.75) is 12.3 Å². The highest BCUT2D eigenvalue weighted by Gasteiger charge is 2.22. The lowest BCUT2D eigenvalue weighted by Crippen LogP contribution is -2.23.